The van der Waals surface area contributed by atoms with Gasteiger partial charge in [-0.1, -0.05) is 74.5 Å². The number of rotatable bonds is 8. The molecule has 138 valence electrons. The van der Waals surface area contributed by atoms with Crippen LogP contribution in [0.25, 0.3) is 0 Å². The third-order valence-corrected chi connectivity index (χ3v) is 3.98. The molecule has 0 heterocycles. The van der Waals surface area contributed by atoms with E-state index < -0.39 is 24.2 Å². The smallest absolute Gasteiger partial charge is 0.408 e. The van der Waals surface area contributed by atoms with Gasteiger partial charge < -0.3 is 15.2 Å². The van der Waals surface area contributed by atoms with Crippen LogP contribution in [0.2, 0.25) is 0 Å². The standard InChI is InChI=1S/C21H25NO4/c1-15(2)13-18(20(23)24)22-21(25)26-19(17-11-7-4-8-12-17)14-16-9-5-3-6-10-16/h3-12,15,18-19H,13-14H2,1-2H3,(H,22,25)(H,23,24). The van der Waals surface area contributed by atoms with Crippen LogP contribution in [0.5, 0.6) is 0 Å². The lowest BCUT2D eigenvalue weighted by Gasteiger charge is -2.21. The van der Waals surface area contributed by atoms with Crippen molar-refractivity contribution in [2.45, 2.75) is 38.8 Å². The van der Waals surface area contributed by atoms with Gasteiger partial charge in [-0.05, 0) is 23.5 Å². The summed E-state index contributed by atoms with van der Waals surface area (Å²) in [6, 6.07) is 18.2. The fourth-order valence-corrected chi connectivity index (χ4v) is 2.72. The molecule has 0 aliphatic rings. The van der Waals surface area contributed by atoms with Crippen molar-refractivity contribution in [2.24, 2.45) is 5.92 Å². The number of benzene rings is 2. The highest BCUT2D eigenvalue weighted by atomic mass is 16.6. The molecule has 2 aromatic carbocycles. The Labute approximate surface area is 154 Å². The predicted molar refractivity (Wildman–Crippen MR) is 99.8 cm³/mol. The number of carbonyl (C=O) groups is 2. The third-order valence-electron chi connectivity index (χ3n) is 3.98. The van der Waals surface area contributed by atoms with E-state index in [9.17, 15) is 14.7 Å². The van der Waals surface area contributed by atoms with E-state index in [1.54, 1.807) is 0 Å². The van der Waals surface area contributed by atoms with E-state index in [4.69, 9.17) is 4.74 Å². The van der Waals surface area contributed by atoms with Gasteiger partial charge in [0.15, 0.2) is 0 Å². The van der Waals surface area contributed by atoms with Crippen molar-refractivity contribution in [3.05, 3.63) is 71.8 Å². The molecule has 0 saturated heterocycles. The van der Waals surface area contributed by atoms with E-state index in [1.807, 2.05) is 74.5 Å². The molecule has 0 saturated carbocycles. The van der Waals surface area contributed by atoms with Gasteiger partial charge in [-0.15, -0.1) is 0 Å². The van der Waals surface area contributed by atoms with Crippen molar-refractivity contribution in [1.82, 2.24) is 5.32 Å². The molecule has 26 heavy (non-hydrogen) atoms. The Bertz CT molecular complexity index is 700. The summed E-state index contributed by atoms with van der Waals surface area (Å²) < 4.78 is 5.59. The van der Waals surface area contributed by atoms with Crippen molar-refractivity contribution in [1.29, 1.82) is 0 Å². The zero-order chi connectivity index (χ0) is 18.9. The van der Waals surface area contributed by atoms with E-state index in [0.29, 0.717) is 12.8 Å². The SMILES string of the molecule is CC(C)CC(NC(=O)OC(Cc1ccccc1)c1ccccc1)C(=O)O. The molecular formula is C21H25NO4. The van der Waals surface area contributed by atoms with Gasteiger partial charge in [0, 0.05) is 6.42 Å². The average Bonchev–Trinajstić information content (AvgIpc) is 2.62. The van der Waals surface area contributed by atoms with Gasteiger partial charge in [0.05, 0.1) is 0 Å². The van der Waals surface area contributed by atoms with Crippen LogP contribution in [0.3, 0.4) is 0 Å². The number of carboxylic acid groups (broad SMARTS) is 1. The molecule has 1 amide bonds. The minimum Gasteiger partial charge on any atom is -0.480 e. The number of carboxylic acids is 1. The maximum atomic E-state index is 12.3. The quantitative estimate of drug-likeness (QED) is 0.744. The monoisotopic (exact) mass is 355 g/mol. The van der Waals surface area contributed by atoms with Crippen LogP contribution in [0.4, 0.5) is 4.79 Å². The summed E-state index contributed by atoms with van der Waals surface area (Å²) >= 11 is 0. The minimum absolute atomic E-state index is 0.144. The maximum absolute atomic E-state index is 12.3. The second-order valence-electron chi connectivity index (χ2n) is 6.66. The molecule has 0 radical (unpaired) electrons. The molecule has 0 aliphatic carbocycles. The molecule has 0 bridgehead atoms. The largest absolute Gasteiger partial charge is 0.480 e. The number of alkyl carbamates (subject to hydrolysis) is 1. The fraction of sp³-hybridized carbons (Fsp3) is 0.333. The first-order valence-corrected chi connectivity index (χ1v) is 8.74. The van der Waals surface area contributed by atoms with Gasteiger partial charge in [0.25, 0.3) is 0 Å². The molecule has 0 spiro atoms. The van der Waals surface area contributed by atoms with E-state index in [0.717, 1.165) is 11.1 Å². The van der Waals surface area contributed by atoms with Crippen molar-refractivity contribution < 1.29 is 19.4 Å². The Morgan fingerprint density at radius 1 is 1.00 bits per heavy atom. The van der Waals surface area contributed by atoms with E-state index in [2.05, 4.69) is 5.32 Å². The maximum Gasteiger partial charge on any atom is 0.408 e. The lowest BCUT2D eigenvalue weighted by molar-refractivity contribution is -0.139. The number of ether oxygens (including phenoxy) is 1. The van der Waals surface area contributed by atoms with Gasteiger partial charge in [-0.25, -0.2) is 9.59 Å². The Hall–Kier alpha value is -2.82. The highest BCUT2D eigenvalue weighted by Crippen LogP contribution is 2.22. The summed E-state index contributed by atoms with van der Waals surface area (Å²) in [6.45, 7) is 3.82. The highest BCUT2D eigenvalue weighted by Gasteiger charge is 2.24. The lowest BCUT2D eigenvalue weighted by atomic mass is 10.0. The topological polar surface area (TPSA) is 75.6 Å². The molecule has 5 heteroatoms. The van der Waals surface area contributed by atoms with Crippen molar-refractivity contribution in [3.8, 4) is 0 Å². The molecule has 2 N–H and O–H groups in total. The van der Waals surface area contributed by atoms with Gasteiger partial charge in [-0.2, -0.15) is 0 Å². The van der Waals surface area contributed by atoms with Crippen LogP contribution in [0.15, 0.2) is 60.7 Å². The van der Waals surface area contributed by atoms with E-state index in [1.165, 1.54) is 0 Å². The first-order valence-electron chi connectivity index (χ1n) is 8.74. The molecule has 0 aromatic heterocycles. The summed E-state index contributed by atoms with van der Waals surface area (Å²) in [5, 5.41) is 11.8. The molecule has 0 fully saturated rings. The molecule has 2 aromatic rings. The summed E-state index contributed by atoms with van der Waals surface area (Å²) in [6.07, 6.45) is -0.353. The van der Waals surface area contributed by atoms with Crippen LogP contribution in [0.1, 0.15) is 37.5 Å². The number of aliphatic carboxylic acids is 1. The average molecular weight is 355 g/mol. The molecular weight excluding hydrogens is 330 g/mol. The number of carbonyl (C=O) groups excluding carboxylic acids is 1. The van der Waals surface area contributed by atoms with Crippen LogP contribution >= 0.6 is 0 Å². The molecule has 5 nitrogen and oxygen atoms in total. The van der Waals surface area contributed by atoms with Crippen molar-refractivity contribution in [3.63, 3.8) is 0 Å². The van der Waals surface area contributed by atoms with Crippen LogP contribution in [-0.4, -0.2) is 23.2 Å². The summed E-state index contributed by atoms with van der Waals surface area (Å²) in [7, 11) is 0. The molecule has 0 aliphatic heterocycles. The predicted octanol–water partition coefficient (Wildman–Crippen LogP) is 4.20. The number of hydrogen-bond donors (Lipinski definition) is 2. The molecule has 2 atom stereocenters. The fourth-order valence-electron chi connectivity index (χ4n) is 2.72. The first kappa shape index (κ1) is 19.5. The van der Waals surface area contributed by atoms with Gasteiger partial charge in [0.1, 0.15) is 12.1 Å². The lowest BCUT2D eigenvalue weighted by Crippen LogP contribution is -2.42. The van der Waals surface area contributed by atoms with Crippen LogP contribution in [-0.2, 0) is 16.0 Å². The Morgan fingerprint density at radius 2 is 1.58 bits per heavy atom. The number of nitrogens with one attached hydrogen (secondary N) is 1. The molecule has 2 unspecified atom stereocenters. The normalized spacial score (nSPS) is 13.0. The first-order chi connectivity index (χ1) is 12.5. The van der Waals surface area contributed by atoms with E-state index in [-0.39, 0.29) is 5.92 Å². The van der Waals surface area contributed by atoms with E-state index >= 15 is 0 Å². The zero-order valence-electron chi connectivity index (χ0n) is 15.1. The second kappa shape index (κ2) is 9.61. The van der Waals surface area contributed by atoms with Crippen molar-refractivity contribution in [2.75, 3.05) is 0 Å². The van der Waals surface area contributed by atoms with Gasteiger partial charge in [0.2, 0.25) is 0 Å². The minimum atomic E-state index is -1.06. The Morgan fingerprint density at radius 3 is 2.12 bits per heavy atom. The summed E-state index contributed by atoms with van der Waals surface area (Å²) in [5.74, 6) is -0.916. The summed E-state index contributed by atoms with van der Waals surface area (Å²) in [5.41, 5.74) is 1.90. The van der Waals surface area contributed by atoms with Crippen LogP contribution < -0.4 is 5.32 Å². The van der Waals surface area contributed by atoms with Gasteiger partial charge >= 0.3 is 12.1 Å². The van der Waals surface area contributed by atoms with Gasteiger partial charge in [-0.3, -0.25) is 0 Å². The number of hydrogen-bond acceptors (Lipinski definition) is 3. The second-order valence-corrected chi connectivity index (χ2v) is 6.66. The summed E-state index contributed by atoms with van der Waals surface area (Å²) in [4.78, 5) is 23.7. The highest BCUT2D eigenvalue weighted by molar-refractivity contribution is 5.79. The third kappa shape index (κ3) is 6.24. The Balaban J connectivity index is 2.10. The van der Waals surface area contributed by atoms with Crippen LogP contribution in [0, 0.1) is 5.92 Å². The zero-order valence-corrected chi connectivity index (χ0v) is 15.1. The molecule has 2 rings (SSSR count). The van der Waals surface area contributed by atoms with Crippen molar-refractivity contribution >= 4 is 12.1 Å². The number of amides is 1. The Kier molecular flexibility index (Phi) is 7.21.